The molecule has 2 rings (SSSR count). The van der Waals surface area contributed by atoms with E-state index in [0.717, 1.165) is 54.1 Å². The van der Waals surface area contributed by atoms with Crippen molar-refractivity contribution in [3.8, 4) is 0 Å². The molecule has 7 nitrogen and oxygen atoms in total. The van der Waals surface area contributed by atoms with E-state index in [2.05, 4.69) is 48.5 Å². The molecule has 0 atom stereocenters. The van der Waals surface area contributed by atoms with Crippen LogP contribution in [0.25, 0.3) is 0 Å². The zero-order chi connectivity index (χ0) is 18.9. The lowest BCUT2D eigenvalue weighted by molar-refractivity contribution is 0.145. The Morgan fingerprint density at radius 3 is 2.78 bits per heavy atom. The van der Waals surface area contributed by atoms with Gasteiger partial charge in [-0.1, -0.05) is 0 Å². The molecule has 2 heterocycles. The number of ether oxygens (including phenoxy) is 1. The predicted octanol–water partition coefficient (Wildman–Crippen LogP) is 3.57. The van der Waals surface area contributed by atoms with Gasteiger partial charge in [0.25, 0.3) is 0 Å². The summed E-state index contributed by atoms with van der Waals surface area (Å²) >= 11 is 5.25. The summed E-state index contributed by atoms with van der Waals surface area (Å²) in [5, 5.41) is 11.7. The molecule has 0 aromatic carbocycles. The summed E-state index contributed by atoms with van der Waals surface area (Å²) in [5.74, 6) is 2.59. The molecule has 0 aliphatic carbocycles. The van der Waals surface area contributed by atoms with E-state index in [0.29, 0.717) is 6.54 Å². The third-order valence-electron chi connectivity index (χ3n) is 3.89. The number of guanidine groups is 1. The lowest BCUT2D eigenvalue weighted by Crippen LogP contribution is -2.39. The molecule has 152 valence electrons. The zero-order valence-corrected chi connectivity index (χ0v) is 21.0. The Morgan fingerprint density at radius 1 is 1.41 bits per heavy atom. The highest BCUT2D eigenvalue weighted by Gasteiger charge is 2.10. The standard InChI is InChI=1S/C17H27BrN6OS.HI/c1-5-25-10-6-9-19-17(20-11-16-22-21-13(2)24(16)4)23(3)12-14-7-8-15(18)26-14;/h7-8H,5-6,9-12H2,1-4H3,(H,19,20);1H. The molecule has 0 unspecified atom stereocenters. The van der Waals surface area contributed by atoms with E-state index in [9.17, 15) is 0 Å². The number of aliphatic imine (C=N–C) groups is 1. The highest BCUT2D eigenvalue weighted by atomic mass is 127. The molecule has 2 aromatic heterocycles. The van der Waals surface area contributed by atoms with Crippen LogP contribution in [-0.4, -0.2) is 52.4 Å². The fourth-order valence-corrected chi connectivity index (χ4v) is 3.85. The third-order valence-corrected chi connectivity index (χ3v) is 5.50. The molecule has 0 bridgehead atoms. The van der Waals surface area contributed by atoms with Gasteiger partial charge in [0.1, 0.15) is 12.4 Å². The van der Waals surface area contributed by atoms with Crippen molar-refractivity contribution in [2.75, 3.05) is 26.8 Å². The molecule has 10 heteroatoms. The lowest BCUT2D eigenvalue weighted by atomic mass is 10.4. The average Bonchev–Trinajstić information content (AvgIpc) is 3.16. The molecule has 0 fully saturated rings. The third kappa shape index (κ3) is 8.04. The van der Waals surface area contributed by atoms with Crippen LogP contribution in [0.1, 0.15) is 29.9 Å². The number of aromatic nitrogens is 3. The maximum absolute atomic E-state index is 5.40. The van der Waals surface area contributed by atoms with Gasteiger partial charge in [-0.2, -0.15) is 0 Å². The first-order valence-corrected chi connectivity index (χ1v) is 10.3. The van der Waals surface area contributed by atoms with E-state index in [1.807, 2.05) is 32.5 Å². The largest absolute Gasteiger partial charge is 0.382 e. The van der Waals surface area contributed by atoms with Crippen molar-refractivity contribution in [3.05, 3.63) is 32.4 Å². The second kappa shape index (κ2) is 12.7. The van der Waals surface area contributed by atoms with Gasteiger partial charge < -0.3 is 19.5 Å². The van der Waals surface area contributed by atoms with Crippen LogP contribution >= 0.6 is 51.2 Å². The van der Waals surface area contributed by atoms with Gasteiger partial charge in [0, 0.05) is 38.7 Å². The number of aryl methyl sites for hydroxylation is 1. The Bertz CT molecular complexity index is 720. The molecule has 0 aliphatic heterocycles. The summed E-state index contributed by atoms with van der Waals surface area (Å²) in [4.78, 5) is 8.15. The van der Waals surface area contributed by atoms with Crippen LogP contribution < -0.4 is 5.32 Å². The minimum atomic E-state index is 0. The number of rotatable bonds is 9. The first-order valence-electron chi connectivity index (χ1n) is 8.67. The first-order chi connectivity index (χ1) is 12.5. The summed E-state index contributed by atoms with van der Waals surface area (Å²) in [7, 11) is 4.01. The summed E-state index contributed by atoms with van der Waals surface area (Å²) in [6.07, 6.45) is 0.939. The van der Waals surface area contributed by atoms with E-state index in [1.54, 1.807) is 11.3 Å². The van der Waals surface area contributed by atoms with Crippen molar-refractivity contribution in [1.29, 1.82) is 0 Å². The van der Waals surface area contributed by atoms with Gasteiger partial charge >= 0.3 is 0 Å². The van der Waals surface area contributed by atoms with E-state index in [1.165, 1.54) is 4.88 Å². The Morgan fingerprint density at radius 2 is 2.19 bits per heavy atom. The van der Waals surface area contributed by atoms with Gasteiger partial charge in [-0.15, -0.1) is 45.5 Å². The Hall–Kier alpha value is -0.720. The van der Waals surface area contributed by atoms with Crippen LogP contribution in [0.4, 0.5) is 0 Å². The van der Waals surface area contributed by atoms with Crippen molar-refractivity contribution in [2.45, 2.75) is 33.4 Å². The molecule has 0 aliphatic rings. The van der Waals surface area contributed by atoms with Gasteiger partial charge in [0.2, 0.25) is 0 Å². The second-order valence-corrected chi connectivity index (χ2v) is 8.45. The van der Waals surface area contributed by atoms with Gasteiger partial charge in [-0.25, -0.2) is 4.99 Å². The molecular formula is C17H28BrIN6OS. The minimum Gasteiger partial charge on any atom is -0.382 e. The maximum Gasteiger partial charge on any atom is 0.194 e. The van der Waals surface area contributed by atoms with Crippen LogP contribution in [-0.2, 0) is 24.9 Å². The second-order valence-electron chi connectivity index (χ2n) is 5.90. The molecule has 1 N–H and O–H groups in total. The summed E-state index contributed by atoms with van der Waals surface area (Å²) in [6.45, 7) is 7.55. The molecule has 0 saturated heterocycles. The number of hydrogen-bond acceptors (Lipinski definition) is 5. The fraction of sp³-hybridized carbons (Fsp3) is 0.588. The zero-order valence-electron chi connectivity index (χ0n) is 16.2. The van der Waals surface area contributed by atoms with Crippen LogP contribution in [0.3, 0.4) is 0 Å². The number of nitrogens with zero attached hydrogens (tertiary/aromatic N) is 5. The van der Waals surface area contributed by atoms with Crippen LogP contribution in [0.2, 0.25) is 0 Å². The molecule has 0 radical (unpaired) electrons. The smallest absolute Gasteiger partial charge is 0.194 e. The minimum absolute atomic E-state index is 0. The van der Waals surface area contributed by atoms with E-state index in [-0.39, 0.29) is 24.0 Å². The molecule has 2 aromatic rings. The molecular weight excluding hydrogens is 543 g/mol. The number of halogens is 2. The highest BCUT2D eigenvalue weighted by Crippen LogP contribution is 2.23. The number of nitrogens with one attached hydrogen (secondary N) is 1. The van der Waals surface area contributed by atoms with Crippen LogP contribution in [0, 0.1) is 6.92 Å². The van der Waals surface area contributed by atoms with Crippen LogP contribution in [0.5, 0.6) is 0 Å². The maximum atomic E-state index is 5.40. The lowest BCUT2D eigenvalue weighted by Gasteiger charge is -2.22. The highest BCUT2D eigenvalue weighted by molar-refractivity contribution is 14.0. The summed E-state index contributed by atoms with van der Waals surface area (Å²) in [6, 6.07) is 4.20. The van der Waals surface area contributed by atoms with Gasteiger partial charge in [0.15, 0.2) is 11.8 Å². The molecule has 0 saturated carbocycles. The van der Waals surface area contributed by atoms with E-state index < -0.39 is 0 Å². The van der Waals surface area contributed by atoms with Gasteiger partial charge in [-0.05, 0) is 48.3 Å². The number of thiophene rings is 1. The normalized spacial score (nSPS) is 11.4. The number of hydrogen-bond donors (Lipinski definition) is 1. The SMILES string of the molecule is CCOCCCNC(=NCc1nnc(C)n1C)N(C)Cc1ccc(Br)s1.I. The van der Waals surface area contributed by atoms with Crippen molar-refractivity contribution >= 4 is 57.2 Å². The summed E-state index contributed by atoms with van der Waals surface area (Å²) in [5.41, 5.74) is 0. The monoisotopic (exact) mass is 570 g/mol. The Kier molecular flexibility index (Phi) is 11.4. The Labute approximate surface area is 190 Å². The summed E-state index contributed by atoms with van der Waals surface area (Å²) < 4.78 is 8.51. The Balaban J connectivity index is 0.00000364. The van der Waals surface area contributed by atoms with Crippen LogP contribution in [0.15, 0.2) is 20.9 Å². The van der Waals surface area contributed by atoms with Gasteiger partial charge in [0.05, 0.1) is 10.3 Å². The predicted molar refractivity (Wildman–Crippen MR) is 125 cm³/mol. The van der Waals surface area contributed by atoms with E-state index >= 15 is 0 Å². The van der Waals surface area contributed by atoms with Crippen molar-refractivity contribution < 1.29 is 4.74 Å². The van der Waals surface area contributed by atoms with Crippen molar-refractivity contribution in [2.24, 2.45) is 12.0 Å². The molecule has 0 amide bonds. The van der Waals surface area contributed by atoms with Gasteiger partial charge in [-0.3, -0.25) is 0 Å². The molecule has 0 spiro atoms. The quantitative estimate of drug-likeness (QED) is 0.216. The first kappa shape index (κ1) is 24.3. The topological polar surface area (TPSA) is 67.6 Å². The fourth-order valence-electron chi connectivity index (χ4n) is 2.31. The molecule has 27 heavy (non-hydrogen) atoms. The van der Waals surface area contributed by atoms with Crippen molar-refractivity contribution in [3.63, 3.8) is 0 Å². The van der Waals surface area contributed by atoms with Crippen molar-refractivity contribution in [1.82, 2.24) is 25.0 Å². The average molecular weight is 571 g/mol. The van der Waals surface area contributed by atoms with E-state index in [4.69, 9.17) is 9.73 Å².